The van der Waals surface area contributed by atoms with Gasteiger partial charge in [-0.15, -0.1) is 0 Å². The van der Waals surface area contributed by atoms with Crippen LogP contribution in [0.1, 0.15) is 26.3 Å². The van der Waals surface area contributed by atoms with Crippen LogP contribution in [0.25, 0.3) is 11.1 Å². The number of pyridine rings is 1. The van der Waals surface area contributed by atoms with Crippen molar-refractivity contribution >= 4 is 17.6 Å². The van der Waals surface area contributed by atoms with Crippen LogP contribution in [0, 0.1) is 0 Å². The Bertz CT molecular complexity index is 1220. The number of aromatic carboxylic acids is 1. The van der Waals surface area contributed by atoms with Crippen LogP contribution in [0.2, 0.25) is 0 Å². The molecule has 4 rings (SSSR count). The van der Waals surface area contributed by atoms with Crippen LogP contribution < -0.4 is 4.90 Å². The molecule has 1 aromatic heterocycles. The zero-order valence-corrected chi connectivity index (χ0v) is 17.8. The number of carbonyl (C=O) groups is 2. The quantitative estimate of drug-likeness (QED) is 0.594. The molecule has 2 aromatic carbocycles. The molecule has 2 N–H and O–H groups in total. The normalized spacial score (nSPS) is 14.2. The number of piperazine rings is 1. The zero-order valence-electron chi connectivity index (χ0n) is 17.8. The molecule has 0 saturated carbocycles. The van der Waals surface area contributed by atoms with E-state index >= 15 is 0 Å². The van der Waals surface area contributed by atoms with Crippen LogP contribution in [-0.4, -0.2) is 58.2 Å². The second kappa shape index (κ2) is 9.05. The van der Waals surface area contributed by atoms with E-state index in [9.17, 15) is 27.9 Å². The SMILES string of the molecule is O=C(O)c1ccc(N2CCN(C(=O)c3cc(-c4cncc(O)c4)cc(C(F)(F)F)c3)CC2)cc1. The minimum atomic E-state index is -4.66. The van der Waals surface area contributed by atoms with Crippen molar-refractivity contribution in [2.75, 3.05) is 31.1 Å². The molecule has 10 heteroatoms. The summed E-state index contributed by atoms with van der Waals surface area (Å²) in [6.07, 6.45) is -2.17. The Morgan fingerprint density at radius 3 is 2.12 bits per heavy atom. The lowest BCUT2D eigenvalue weighted by Gasteiger charge is -2.36. The number of nitrogens with zero attached hydrogens (tertiary/aromatic N) is 3. The molecule has 1 fully saturated rings. The first-order chi connectivity index (χ1) is 16.1. The summed E-state index contributed by atoms with van der Waals surface area (Å²) >= 11 is 0. The van der Waals surface area contributed by atoms with Gasteiger partial charge in [0.2, 0.25) is 0 Å². The Morgan fingerprint density at radius 2 is 1.53 bits per heavy atom. The largest absolute Gasteiger partial charge is 0.506 e. The topological polar surface area (TPSA) is 94.0 Å². The Kier molecular flexibility index (Phi) is 6.14. The number of benzene rings is 2. The van der Waals surface area contributed by atoms with E-state index < -0.39 is 23.6 Å². The van der Waals surface area contributed by atoms with Gasteiger partial charge in [-0.2, -0.15) is 13.2 Å². The molecule has 0 aliphatic carbocycles. The highest BCUT2D eigenvalue weighted by molar-refractivity contribution is 5.96. The molecule has 1 amide bonds. The third kappa shape index (κ3) is 4.95. The van der Waals surface area contributed by atoms with Gasteiger partial charge in [-0.3, -0.25) is 9.78 Å². The molecule has 0 radical (unpaired) electrons. The third-order valence-corrected chi connectivity index (χ3v) is 5.61. The summed E-state index contributed by atoms with van der Waals surface area (Å²) < 4.78 is 40.6. The number of hydrogen-bond donors (Lipinski definition) is 2. The summed E-state index contributed by atoms with van der Waals surface area (Å²) in [6.45, 7) is 1.47. The molecule has 1 aliphatic heterocycles. The molecule has 176 valence electrons. The van der Waals surface area contributed by atoms with Gasteiger partial charge in [0, 0.05) is 49.2 Å². The van der Waals surface area contributed by atoms with Gasteiger partial charge in [0.15, 0.2) is 0 Å². The summed E-state index contributed by atoms with van der Waals surface area (Å²) in [5.41, 5.74) is 0.282. The number of alkyl halides is 3. The Labute approximate surface area is 192 Å². The number of rotatable bonds is 4. The molecule has 0 spiro atoms. The van der Waals surface area contributed by atoms with Gasteiger partial charge in [0.05, 0.1) is 17.3 Å². The van der Waals surface area contributed by atoms with E-state index in [1.165, 1.54) is 35.4 Å². The van der Waals surface area contributed by atoms with E-state index in [0.717, 1.165) is 24.0 Å². The molecule has 3 aromatic rings. The number of amides is 1. The Morgan fingerprint density at radius 1 is 0.853 bits per heavy atom. The number of aromatic nitrogens is 1. The fourth-order valence-corrected chi connectivity index (χ4v) is 3.83. The van der Waals surface area contributed by atoms with Crippen LogP contribution in [0.3, 0.4) is 0 Å². The van der Waals surface area contributed by atoms with Crippen LogP contribution in [0.4, 0.5) is 18.9 Å². The molecular weight excluding hydrogens is 451 g/mol. The van der Waals surface area contributed by atoms with E-state index in [0.29, 0.717) is 26.2 Å². The maximum atomic E-state index is 13.5. The third-order valence-electron chi connectivity index (χ3n) is 5.61. The van der Waals surface area contributed by atoms with Crippen LogP contribution >= 0.6 is 0 Å². The number of anilines is 1. The van der Waals surface area contributed by atoms with Crippen molar-refractivity contribution in [2.24, 2.45) is 0 Å². The predicted octanol–water partition coefficient (Wildman–Crippen LogP) is 4.13. The molecule has 34 heavy (non-hydrogen) atoms. The van der Waals surface area contributed by atoms with E-state index in [2.05, 4.69) is 4.98 Å². The van der Waals surface area contributed by atoms with Crippen molar-refractivity contribution in [3.8, 4) is 16.9 Å². The average molecular weight is 471 g/mol. The maximum absolute atomic E-state index is 13.5. The van der Waals surface area contributed by atoms with Gasteiger partial charge < -0.3 is 20.0 Å². The van der Waals surface area contributed by atoms with Gasteiger partial charge in [-0.1, -0.05) is 0 Å². The van der Waals surface area contributed by atoms with Crippen molar-refractivity contribution in [3.05, 3.63) is 77.6 Å². The van der Waals surface area contributed by atoms with Gasteiger partial charge in [-0.05, 0) is 54.1 Å². The van der Waals surface area contributed by atoms with E-state index in [1.54, 1.807) is 12.1 Å². The fourth-order valence-electron chi connectivity index (χ4n) is 3.83. The molecule has 1 aliphatic rings. The molecular formula is C24H20F3N3O4. The van der Waals surface area contributed by atoms with Gasteiger partial charge in [-0.25, -0.2) is 4.79 Å². The van der Waals surface area contributed by atoms with E-state index in [4.69, 9.17) is 5.11 Å². The minimum Gasteiger partial charge on any atom is -0.506 e. The maximum Gasteiger partial charge on any atom is 0.416 e. The zero-order chi connectivity index (χ0) is 24.5. The van der Waals surface area contributed by atoms with Gasteiger partial charge >= 0.3 is 12.1 Å². The first-order valence-corrected chi connectivity index (χ1v) is 10.4. The lowest BCUT2D eigenvalue weighted by molar-refractivity contribution is -0.137. The minimum absolute atomic E-state index is 0.104. The molecule has 0 unspecified atom stereocenters. The first kappa shape index (κ1) is 23.1. The lowest BCUT2D eigenvalue weighted by Crippen LogP contribution is -2.48. The Hall–Kier alpha value is -4.08. The highest BCUT2D eigenvalue weighted by Crippen LogP contribution is 2.34. The average Bonchev–Trinajstić information content (AvgIpc) is 2.83. The molecule has 2 heterocycles. The number of hydrogen-bond acceptors (Lipinski definition) is 5. The fraction of sp³-hybridized carbons (Fsp3) is 0.208. The van der Waals surface area contributed by atoms with Crippen molar-refractivity contribution in [2.45, 2.75) is 6.18 Å². The molecule has 0 bridgehead atoms. The van der Waals surface area contributed by atoms with Gasteiger partial charge in [0.1, 0.15) is 5.75 Å². The van der Waals surface area contributed by atoms with Crippen LogP contribution in [0.5, 0.6) is 5.75 Å². The number of aromatic hydroxyl groups is 1. The summed E-state index contributed by atoms with van der Waals surface area (Å²) in [7, 11) is 0. The smallest absolute Gasteiger partial charge is 0.416 e. The van der Waals surface area contributed by atoms with Crippen molar-refractivity contribution in [3.63, 3.8) is 0 Å². The number of carboxylic acid groups (broad SMARTS) is 1. The highest BCUT2D eigenvalue weighted by atomic mass is 19.4. The number of carbonyl (C=O) groups excluding carboxylic acids is 1. The summed E-state index contributed by atoms with van der Waals surface area (Å²) in [4.78, 5) is 31.4. The lowest BCUT2D eigenvalue weighted by atomic mass is 9.99. The summed E-state index contributed by atoms with van der Waals surface area (Å²) in [6, 6.07) is 10.8. The summed E-state index contributed by atoms with van der Waals surface area (Å²) in [5, 5.41) is 18.7. The highest BCUT2D eigenvalue weighted by Gasteiger charge is 2.33. The van der Waals surface area contributed by atoms with E-state index in [1.807, 2.05) is 4.90 Å². The van der Waals surface area contributed by atoms with Crippen molar-refractivity contribution < 1.29 is 33.0 Å². The Balaban J connectivity index is 1.54. The van der Waals surface area contributed by atoms with Gasteiger partial charge in [0.25, 0.3) is 5.91 Å². The first-order valence-electron chi connectivity index (χ1n) is 10.4. The second-order valence-corrected chi connectivity index (χ2v) is 7.86. The predicted molar refractivity (Wildman–Crippen MR) is 118 cm³/mol. The standard InChI is InChI=1S/C24H20F3N3O4/c25-24(26,27)19-10-16(18-12-21(31)14-28-13-18)9-17(11-19)22(32)30-7-5-29(6-8-30)20-3-1-15(2-4-20)23(33)34/h1-4,9-14,31H,5-8H2,(H,33,34). The second-order valence-electron chi connectivity index (χ2n) is 7.86. The molecule has 1 saturated heterocycles. The van der Waals surface area contributed by atoms with Crippen molar-refractivity contribution in [1.82, 2.24) is 9.88 Å². The number of carboxylic acids is 1. The van der Waals surface area contributed by atoms with Crippen LogP contribution in [-0.2, 0) is 6.18 Å². The molecule has 0 atom stereocenters. The van der Waals surface area contributed by atoms with Crippen LogP contribution in [0.15, 0.2) is 60.9 Å². The summed E-state index contributed by atoms with van der Waals surface area (Å²) in [5.74, 6) is -1.75. The van der Waals surface area contributed by atoms with E-state index in [-0.39, 0.29) is 28.0 Å². The van der Waals surface area contributed by atoms with Crippen molar-refractivity contribution in [1.29, 1.82) is 0 Å². The number of halogens is 3. The molecule has 7 nitrogen and oxygen atoms in total. The monoisotopic (exact) mass is 471 g/mol.